The van der Waals surface area contributed by atoms with Gasteiger partial charge in [-0.2, -0.15) is 0 Å². The minimum Gasteiger partial charge on any atom is -0.400 e. The molecule has 114 valence electrons. The van der Waals surface area contributed by atoms with Crippen molar-refractivity contribution in [2.24, 2.45) is 4.99 Å². The topological polar surface area (TPSA) is 69.2 Å². The Morgan fingerprint density at radius 2 is 1.81 bits per heavy atom. The van der Waals surface area contributed by atoms with Gasteiger partial charge in [-0.05, 0) is 40.1 Å². The SMILES string of the molecule is CC12CC(B3OC(C)(C)C(C)(C)O3)=CN=C1NC(=O)CO2. The average Bonchev–Trinajstić information content (AvgIpc) is 2.59. The molecule has 3 rings (SSSR count). The number of nitrogens with zero attached hydrogens (tertiary/aromatic N) is 1. The van der Waals surface area contributed by atoms with Crippen LogP contribution < -0.4 is 5.32 Å². The van der Waals surface area contributed by atoms with E-state index in [0.717, 1.165) is 5.47 Å². The van der Waals surface area contributed by atoms with Crippen molar-refractivity contribution in [1.29, 1.82) is 0 Å². The molecule has 6 nitrogen and oxygen atoms in total. The van der Waals surface area contributed by atoms with E-state index in [0.29, 0.717) is 12.3 Å². The minimum atomic E-state index is -0.623. The third-order valence-corrected chi connectivity index (χ3v) is 4.74. The quantitative estimate of drug-likeness (QED) is 0.738. The fourth-order valence-corrected chi connectivity index (χ4v) is 2.62. The summed E-state index contributed by atoms with van der Waals surface area (Å²) in [4.78, 5) is 15.7. The zero-order chi connectivity index (χ0) is 15.5. The van der Waals surface area contributed by atoms with Crippen molar-refractivity contribution < 1.29 is 18.8 Å². The lowest BCUT2D eigenvalue weighted by molar-refractivity contribution is -0.131. The maximum Gasteiger partial charge on any atom is 0.492 e. The summed E-state index contributed by atoms with van der Waals surface area (Å²) in [6.45, 7) is 10.0. The Bertz CT molecular complexity index is 539. The van der Waals surface area contributed by atoms with Gasteiger partial charge in [-0.25, -0.2) is 4.99 Å². The first-order valence-corrected chi connectivity index (χ1v) is 7.20. The van der Waals surface area contributed by atoms with E-state index in [2.05, 4.69) is 10.3 Å². The Labute approximate surface area is 125 Å². The van der Waals surface area contributed by atoms with Crippen LogP contribution in [0.2, 0.25) is 0 Å². The first kappa shape index (κ1) is 14.7. The van der Waals surface area contributed by atoms with Crippen LogP contribution in [0, 0.1) is 0 Å². The molecule has 0 aliphatic carbocycles. The van der Waals surface area contributed by atoms with Crippen LogP contribution in [-0.4, -0.2) is 42.3 Å². The van der Waals surface area contributed by atoms with Crippen LogP contribution in [0.5, 0.6) is 0 Å². The second kappa shape index (κ2) is 4.41. The maximum atomic E-state index is 11.4. The predicted octanol–water partition coefficient (Wildman–Crippen LogP) is 1.21. The molecule has 0 radical (unpaired) electrons. The van der Waals surface area contributed by atoms with Gasteiger partial charge in [-0.3, -0.25) is 4.79 Å². The zero-order valence-electron chi connectivity index (χ0n) is 13.1. The number of hydrogen-bond donors (Lipinski definition) is 1. The number of nitrogens with one attached hydrogen (secondary N) is 1. The van der Waals surface area contributed by atoms with Crippen LogP contribution in [0.25, 0.3) is 0 Å². The van der Waals surface area contributed by atoms with E-state index in [4.69, 9.17) is 14.0 Å². The molecule has 0 bridgehead atoms. The predicted molar refractivity (Wildman–Crippen MR) is 78.7 cm³/mol. The largest absolute Gasteiger partial charge is 0.492 e. The smallest absolute Gasteiger partial charge is 0.400 e. The van der Waals surface area contributed by atoms with Gasteiger partial charge in [0.05, 0.1) is 11.2 Å². The van der Waals surface area contributed by atoms with E-state index >= 15 is 0 Å². The van der Waals surface area contributed by atoms with Gasteiger partial charge >= 0.3 is 7.12 Å². The standard InChI is InChI=1S/C14H21BN2O4/c1-12(2)13(3,4)21-15(20-12)9-6-14(5)11(16-7-9)17-10(18)8-19-14/h7H,6,8H2,1-5H3,(H,16,17,18). The van der Waals surface area contributed by atoms with Gasteiger partial charge in [-0.1, -0.05) is 0 Å². The molecule has 0 saturated carbocycles. The van der Waals surface area contributed by atoms with Gasteiger partial charge in [0.1, 0.15) is 18.0 Å². The van der Waals surface area contributed by atoms with Crippen molar-refractivity contribution >= 4 is 18.9 Å². The Hall–Kier alpha value is -1.18. The van der Waals surface area contributed by atoms with E-state index in [-0.39, 0.29) is 23.7 Å². The summed E-state index contributed by atoms with van der Waals surface area (Å²) >= 11 is 0. The fourth-order valence-electron chi connectivity index (χ4n) is 2.62. The van der Waals surface area contributed by atoms with Gasteiger partial charge in [0.15, 0.2) is 0 Å². The van der Waals surface area contributed by atoms with Gasteiger partial charge in [0.25, 0.3) is 5.91 Å². The second-order valence-corrected chi connectivity index (χ2v) is 7.01. The molecule has 0 aromatic heterocycles. The summed E-state index contributed by atoms with van der Waals surface area (Å²) in [5.41, 5.74) is -0.464. The molecular formula is C14H21BN2O4. The van der Waals surface area contributed by atoms with Crippen LogP contribution in [-0.2, 0) is 18.8 Å². The number of rotatable bonds is 1. The number of fused-ring (bicyclic) bond motifs is 1. The van der Waals surface area contributed by atoms with Crippen molar-refractivity contribution in [2.45, 2.75) is 57.8 Å². The van der Waals surface area contributed by atoms with E-state index in [1.54, 1.807) is 6.20 Å². The number of carbonyl (C=O) groups excluding carboxylic acids is 1. The number of hydrogen-bond acceptors (Lipinski definition) is 5. The van der Waals surface area contributed by atoms with Crippen molar-refractivity contribution in [1.82, 2.24) is 5.32 Å². The lowest BCUT2D eigenvalue weighted by atomic mass is 9.71. The molecule has 0 aromatic rings. The van der Waals surface area contributed by atoms with E-state index in [1.807, 2.05) is 34.6 Å². The Morgan fingerprint density at radius 1 is 1.19 bits per heavy atom. The van der Waals surface area contributed by atoms with E-state index in [1.165, 1.54) is 0 Å². The average molecular weight is 292 g/mol. The molecule has 1 unspecified atom stereocenters. The third-order valence-electron chi connectivity index (χ3n) is 4.74. The highest BCUT2D eigenvalue weighted by molar-refractivity contribution is 6.54. The Balaban J connectivity index is 1.84. The Kier molecular flexibility index (Phi) is 3.10. The molecule has 21 heavy (non-hydrogen) atoms. The fraction of sp³-hybridized carbons (Fsp3) is 0.714. The lowest BCUT2D eigenvalue weighted by Crippen LogP contribution is -2.57. The van der Waals surface area contributed by atoms with Crippen LogP contribution in [0.1, 0.15) is 41.0 Å². The molecule has 1 N–H and O–H groups in total. The van der Waals surface area contributed by atoms with E-state index < -0.39 is 12.7 Å². The summed E-state index contributed by atoms with van der Waals surface area (Å²) < 4.78 is 17.8. The number of ether oxygens (including phenoxy) is 1. The summed E-state index contributed by atoms with van der Waals surface area (Å²) in [6.07, 6.45) is 2.30. The maximum absolute atomic E-state index is 11.4. The van der Waals surface area contributed by atoms with Gasteiger partial charge in [-0.15, -0.1) is 0 Å². The Morgan fingerprint density at radius 3 is 2.43 bits per heavy atom. The summed E-state index contributed by atoms with van der Waals surface area (Å²) in [5.74, 6) is 0.387. The highest BCUT2D eigenvalue weighted by Gasteiger charge is 2.54. The number of morpholine rings is 1. The first-order valence-electron chi connectivity index (χ1n) is 7.20. The zero-order valence-corrected chi connectivity index (χ0v) is 13.1. The number of amides is 1. The van der Waals surface area contributed by atoms with Crippen LogP contribution in [0.4, 0.5) is 0 Å². The molecule has 2 saturated heterocycles. The van der Waals surface area contributed by atoms with Crippen molar-refractivity contribution in [2.75, 3.05) is 6.61 Å². The van der Waals surface area contributed by atoms with Gasteiger partial charge in [0, 0.05) is 12.6 Å². The number of aliphatic imine (C=N–C) groups is 1. The molecule has 1 atom stereocenters. The number of amidine groups is 1. The molecule has 1 amide bonds. The molecule has 7 heteroatoms. The minimum absolute atomic E-state index is 0.0478. The van der Waals surface area contributed by atoms with Gasteiger partial charge in [0.2, 0.25) is 0 Å². The number of carbonyl (C=O) groups is 1. The monoisotopic (exact) mass is 292 g/mol. The normalized spacial score (nSPS) is 34.0. The summed E-state index contributed by atoms with van der Waals surface area (Å²) in [7, 11) is -0.432. The second-order valence-electron chi connectivity index (χ2n) is 7.01. The highest BCUT2D eigenvalue weighted by atomic mass is 16.7. The molecule has 3 heterocycles. The molecule has 3 aliphatic rings. The molecule has 2 fully saturated rings. The van der Waals surface area contributed by atoms with Crippen molar-refractivity contribution in [3.05, 3.63) is 11.7 Å². The van der Waals surface area contributed by atoms with Crippen molar-refractivity contribution in [3.8, 4) is 0 Å². The van der Waals surface area contributed by atoms with Crippen LogP contribution in [0.15, 0.2) is 16.7 Å². The van der Waals surface area contributed by atoms with E-state index in [9.17, 15) is 4.79 Å². The molecule has 0 spiro atoms. The molecule has 0 aromatic carbocycles. The van der Waals surface area contributed by atoms with Crippen LogP contribution >= 0.6 is 0 Å². The third kappa shape index (κ3) is 2.33. The molecule has 3 aliphatic heterocycles. The summed E-state index contributed by atoms with van der Waals surface area (Å²) in [5, 5.41) is 2.76. The summed E-state index contributed by atoms with van der Waals surface area (Å²) in [6, 6.07) is 0. The van der Waals surface area contributed by atoms with Gasteiger partial charge < -0.3 is 19.4 Å². The van der Waals surface area contributed by atoms with Crippen molar-refractivity contribution in [3.63, 3.8) is 0 Å². The lowest BCUT2D eigenvalue weighted by Gasteiger charge is -2.37. The van der Waals surface area contributed by atoms with Crippen LogP contribution in [0.3, 0.4) is 0 Å². The highest BCUT2D eigenvalue weighted by Crippen LogP contribution is 2.41. The first-order chi connectivity index (χ1) is 9.63. The molecular weight excluding hydrogens is 271 g/mol.